The second-order valence-corrected chi connectivity index (χ2v) is 4.21. The van der Waals surface area contributed by atoms with Crippen LogP contribution in [-0.4, -0.2) is 20.2 Å². The van der Waals surface area contributed by atoms with Gasteiger partial charge in [0.05, 0.1) is 17.0 Å². The Morgan fingerprint density at radius 2 is 1.82 bits per heavy atom. The maximum atomic E-state index is 11.7. The van der Waals surface area contributed by atoms with E-state index in [-0.39, 0.29) is 5.69 Å². The maximum absolute atomic E-state index is 11.7. The smallest absolute Gasteiger partial charge is 0.328 e. The van der Waals surface area contributed by atoms with Crippen LogP contribution < -0.4 is 5.69 Å². The van der Waals surface area contributed by atoms with Crippen LogP contribution in [0.2, 0.25) is 0 Å². The molecule has 0 bridgehead atoms. The fourth-order valence-corrected chi connectivity index (χ4v) is 1.94. The molecule has 0 radical (unpaired) electrons. The van der Waals surface area contributed by atoms with Crippen LogP contribution in [-0.2, 0) is 18.9 Å². The minimum absolute atomic E-state index is 0.111. The van der Waals surface area contributed by atoms with Crippen molar-refractivity contribution in [3.63, 3.8) is 0 Å². The second-order valence-electron chi connectivity index (χ2n) is 4.21. The molecule has 1 aromatic carbocycles. The summed E-state index contributed by atoms with van der Waals surface area (Å²) in [5.74, 6) is -1.44. The molecule has 0 aliphatic heterocycles. The van der Waals surface area contributed by atoms with E-state index >= 15 is 0 Å². The van der Waals surface area contributed by atoms with Crippen LogP contribution in [0.5, 0.6) is 0 Å². The number of rotatable bonds is 2. The van der Waals surface area contributed by atoms with Crippen LogP contribution in [0.3, 0.4) is 0 Å². The molecule has 1 unspecified atom stereocenters. The first-order chi connectivity index (χ1) is 7.93. The number of carboxylic acid groups (broad SMARTS) is 1. The lowest BCUT2D eigenvalue weighted by molar-refractivity contribution is -0.138. The third-order valence-corrected chi connectivity index (χ3v) is 3.17. The summed E-state index contributed by atoms with van der Waals surface area (Å²) in [7, 11) is 3.38. The first kappa shape index (κ1) is 11.4. The quantitative estimate of drug-likeness (QED) is 0.845. The first-order valence-electron chi connectivity index (χ1n) is 5.31. The fraction of sp³-hybridized carbons (Fsp3) is 0.333. The number of benzene rings is 1. The van der Waals surface area contributed by atoms with Crippen molar-refractivity contribution in [1.82, 2.24) is 9.13 Å². The molecule has 17 heavy (non-hydrogen) atoms. The predicted octanol–water partition coefficient (Wildman–Crippen LogP) is 1.07. The molecule has 0 fully saturated rings. The van der Waals surface area contributed by atoms with Gasteiger partial charge in [0.2, 0.25) is 0 Å². The number of nitrogens with zero attached hydrogens (tertiary/aromatic N) is 2. The summed E-state index contributed by atoms with van der Waals surface area (Å²) < 4.78 is 3.07. The second kappa shape index (κ2) is 3.76. The van der Waals surface area contributed by atoms with E-state index < -0.39 is 11.9 Å². The Bertz CT molecular complexity index is 652. The third-order valence-electron chi connectivity index (χ3n) is 3.17. The molecule has 1 atom stereocenters. The third kappa shape index (κ3) is 1.63. The van der Waals surface area contributed by atoms with E-state index in [2.05, 4.69) is 0 Å². The van der Waals surface area contributed by atoms with Crippen LogP contribution in [0.25, 0.3) is 11.0 Å². The van der Waals surface area contributed by atoms with Crippen molar-refractivity contribution in [2.75, 3.05) is 0 Å². The Labute approximate surface area is 97.9 Å². The zero-order chi connectivity index (χ0) is 12.7. The van der Waals surface area contributed by atoms with Gasteiger partial charge in [-0.2, -0.15) is 0 Å². The fourth-order valence-electron chi connectivity index (χ4n) is 1.94. The van der Waals surface area contributed by atoms with E-state index in [9.17, 15) is 9.59 Å². The SMILES string of the molecule is CC(C(=O)O)c1ccc2c(c1)n(C)c(=O)n2C. The van der Waals surface area contributed by atoms with Crippen molar-refractivity contribution < 1.29 is 9.90 Å². The average molecular weight is 234 g/mol. The van der Waals surface area contributed by atoms with E-state index in [1.807, 2.05) is 0 Å². The van der Waals surface area contributed by atoms with Gasteiger partial charge in [-0.05, 0) is 24.6 Å². The Balaban J connectivity index is 2.70. The van der Waals surface area contributed by atoms with Crippen molar-refractivity contribution >= 4 is 17.0 Å². The monoisotopic (exact) mass is 234 g/mol. The van der Waals surface area contributed by atoms with Crippen LogP contribution in [0.1, 0.15) is 18.4 Å². The van der Waals surface area contributed by atoms with Gasteiger partial charge in [0, 0.05) is 14.1 Å². The van der Waals surface area contributed by atoms with Gasteiger partial charge in [-0.3, -0.25) is 13.9 Å². The zero-order valence-corrected chi connectivity index (χ0v) is 9.97. The molecule has 0 amide bonds. The van der Waals surface area contributed by atoms with Crippen LogP contribution in [0, 0.1) is 0 Å². The number of aryl methyl sites for hydroxylation is 2. The Kier molecular flexibility index (Phi) is 2.53. The Morgan fingerprint density at radius 1 is 1.24 bits per heavy atom. The lowest BCUT2D eigenvalue weighted by Crippen LogP contribution is -2.19. The summed E-state index contributed by atoms with van der Waals surface area (Å²) in [6.07, 6.45) is 0. The van der Waals surface area contributed by atoms with E-state index in [0.717, 1.165) is 11.0 Å². The van der Waals surface area contributed by atoms with E-state index in [1.165, 1.54) is 4.57 Å². The number of aromatic nitrogens is 2. The van der Waals surface area contributed by atoms with Gasteiger partial charge in [0.25, 0.3) is 0 Å². The summed E-state index contributed by atoms with van der Waals surface area (Å²) in [6.45, 7) is 1.63. The number of aliphatic carboxylic acids is 1. The summed E-state index contributed by atoms with van der Waals surface area (Å²) in [5.41, 5.74) is 2.15. The summed E-state index contributed by atoms with van der Waals surface area (Å²) in [5, 5.41) is 8.96. The topological polar surface area (TPSA) is 64.2 Å². The molecule has 0 aliphatic rings. The Hall–Kier alpha value is -2.04. The van der Waals surface area contributed by atoms with Crippen molar-refractivity contribution in [2.24, 2.45) is 14.1 Å². The number of fused-ring (bicyclic) bond motifs is 1. The standard InChI is InChI=1S/C12H14N2O3/c1-7(11(15)16)8-4-5-9-10(6-8)14(3)12(17)13(9)2/h4-7H,1-3H3,(H,15,16). The molecular formula is C12H14N2O3. The minimum Gasteiger partial charge on any atom is -0.481 e. The van der Waals surface area contributed by atoms with Gasteiger partial charge in [-0.15, -0.1) is 0 Å². The molecule has 2 aromatic rings. The molecule has 0 aliphatic carbocycles. The van der Waals surface area contributed by atoms with Crippen LogP contribution in [0.15, 0.2) is 23.0 Å². The predicted molar refractivity (Wildman–Crippen MR) is 64.2 cm³/mol. The highest BCUT2D eigenvalue weighted by atomic mass is 16.4. The van der Waals surface area contributed by atoms with E-state index in [4.69, 9.17) is 5.11 Å². The molecule has 0 saturated carbocycles. The molecule has 1 N–H and O–H groups in total. The number of imidazole rings is 1. The molecular weight excluding hydrogens is 220 g/mol. The van der Waals surface area contributed by atoms with Crippen molar-refractivity contribution in [2.45, 2.75) is 12.8 Å². The van der Waals surface area contributed by atoms with Crippen molar-refractivity contribution in [3.8, 4) is 0 Å². The van der Waals surface area contributed by atoms with Crippen LogP contribution >= 0.6 is 0 Å². The molecule has 0 spiro atoms. The first-order valence-corrected chi connectivity index (χ1v) is 5.31. The molecule has 1 aromatic heterocycles. The highest BCUT2D eigenvalue weighted by Gasteiger charge is 2.16. The molecule has 0 saturated heterocycles. The largest absolute Gasteiger partial charge is 0.481 e. The highest BCUT2D eigenvalue weighted by Crippen LogP contribution is 2.20. The molecule has 2 rings (SSSR count). The number of hydrogen-bond donors (Lipinski definition) is 1. The van der Waals surface area contributed by atoms with Crippen molar-refractivity contribution in [3.05, 3.63) is 34.2 Å². The molecule has 5 heteroatoms. The van der Waals surface area contributed by atoms with Gasteiger partial charge in [-0.1, -0.05) is 6.07 Å². The van der Waals surface area contributed by atoms with E-state index in [1.54, 1.807) is 43.8 Å². The number of hydrogen-bond acceptors (Lipinski definition) is 2. The van der Waals surface area contributed by atoms with Crippen molar-refractivity contribution in [1.29, 1.82) is 0 Å². The summed E-state index contributed by atoms with van der Waals surface area (Å²) >= 11 is 0. The van der Waals surface area contributed by atoms with Gasteiger partial charge in [0.1, 0.15) is 0 Å². The minimum atomic E-state index is -0.870. The van der Waals surface area contributed by atoms with Gasteiger partial charge in [0.15, 0.2) is 0 Å². The van der Waals surface area contributed by atoms with Crippen LogP contribution in [0.4, 0.5) is 0 Å². The number of carboxylic acids is 1. The molecule has 5 nitrogen and oxygen atoms in total. The maximum Gasteiger partial charge on any atom is 0.328 e. The van der Waals surface area contributed by atoms with Gasteiger partial charge < -0.3 is 5.11 Å². The lowest BCUT2D eigenvalue weighted by Gasteiger charge is -2.06. The molecule has 1 heterocycles. The zero-order valence-electron chi connectivity index (χ0n) is 9.97. The van der Waals surface area contributed by atoms with E-state index in [0.29, 0.717) is 5.56 Å². The average Bonchev–Trinajstić information content (AvgIpc) is 2.53. The van der Waals surface area contributed by atoms with Gasteiger partial charge in [-0.25, -0.2) is 4.79 Å². The van der Waals surface area contributed by atoms with Gasteiger partial charge >= 0.3 is 11.7 Å². The molecule has 90 valence electrons. The lowest BCUT2D eigenvalue weighted by atomic mass is 10.0. The Morgan fingerprint density at radius 3 is 2.41 bits per heavy atom. The summed E-state index contributed by atoms with van der Waals surface area (Å²) in [4.78, 5) is 22.6. The number of carbonyl (C=O) groups is 1. The summed E-state index contributed by atoms with van der Waals surface area (Å²) in [6, 6.07) is 5.29. The highest BCUT2D eigenvalue weighted by molar-refractivity contribution is 5.81. The normalized spacial score (nSPS) is 12.9.